The molecule has 1 aliphatic rings. The van der Waals surface area contributed by atoms with Crippen molar-refractivity contribution in [2.24, 2.45) is 11.7 Å². The van der Waals surface area contributed by atoms with E-state index in [0.29, 0.717) is 30.1 Å². The molecule has 0 bridgehead atoms. The molecule has 2 unspecified atom stereocenters. The summed E-state index contributed by atoms with van der Waals surface area (Å²) in [7, 11) is 0. The number of halogens is 2. The lowest BCUT2D eigenvalue weighted by Crippen LogP contribution is -2.36. The van der Waals surface area contributed by atoms with Gasteiger partial charge in [0.05, 0.1) is 6.54 Å². The van der Waals surface area contributed by atoms with Crippen LogP contribution < -0.4 is 11.1 Å². The Morgan fingerprint density at radius 1 is 1.52 bits per heavy atom. The Kier molecular flexibility index (Phi) is 6.94. The number of likely N-dealkylation sites (tertiary alicyclic amines) is 1. The van der Waals surface area contributed by atoms with E-state index in [0.717, 1.165) is 24.2 Å². The number of anilines is 1. The molecule has 0 spiro atoms. The maximum Gasteiger partial charge on any atom is 0.238 e. The van der Waals surface area contributed by atoms with Gasteiger partial charge in [0.15, 0.2) is 0 Å². The number of rotatable bonds is 4. The Bertz CT molecular complexity index is 496. The van der Waals surface area contributed by atoms with Crippen LogP contribution >= 0.6 is 24.0 Å². The topological polar surface area (TPSA) is 58.4 Å². The second kappa shape index (κ2) is 7.99. The van der Waals surface area contributed by atoms with Gasteiger partial charge in [0, 0.05) is 23.3 Å². The zero-order chi connectivity index (χ0) is 14.7. The molecule has 1 aromatic rings. The van der Waals surface area contributed by atoms with E-state index in [-0.39, 0.29) is 18.3 Å². The van der Waals surface area contributed by atoms with Crippen molar-refractivity contribution >= 4 is 35.6 Å². The van der Waals surface area contributed by atoms with Crippen LogP contribution in [0.1, 0.15) is 18.9 Å². The average molecular weight is 332 g/mol. The lowest BCUT2D eigenvalue weighted by Gasteiger charge is -2.20. The summed E-state index contributed by atoms with van der Waals surface area (Å²) in [5, 5.41) is 3.60. The van der Waals surface area contributed by atoms with Crippen molar-refractivity contribution < 1.29 is 4.79 Å². The minimum Gasteiger partial charge on any atom is -0.330 e. The number of nitrogens with zero attached hydrogens (tertiary/aromatic N) is 1. The summed E-state index contributed by atoms with van der Waals surface area (Å²) >= 11 is 6.05. The van der Waals surface area contributed by atoms with Crippen molar-refractivity contribution in [3.8, 4) is 0 Å². The molecule has 0 aromatic heterocycles. The van der Waals surface area contributed by atoms with Crippen molar-refractivity contribution in [2.45, 2.75) is 26.3 Å². The SMILES string of the molecule is Cc1c(Cl)cccc1NC(=O)CN1CC(CN)CC1C.Cl. The molecule has 3 N–H and O–H groups in total. The van der Waals surface area contributed by atoms with Gasteiger partial charge in [-0.3, -0.25) is 9.69 Å². The predicted octanol–water partition coefficient (Wildman–Crippen LogP) is 2.68. The number of hydrogen-bond donors (Lipinski definition) is 2. The molecule has 0 radical (unpaired) electrons. The first-order valence-electron chi connectivity index (χ1n) is 7.00. The van der Waals surface area contributed by atoms with Crippen LogP contribution in [0.25, 0.3) is 0 Å². The lowest BCUT2D eigenvalue weighted by atomic mass is 10.1. The maximum absolute atomic E-state index is 12.1. The monoisotopic (exact) mass is 331 g/mol. The number of carbonyl (C=O) groups excluding carboxylic acids is 1. The third kappa shape index (κ3) is 4.58. The third-order valence-electron chi connectivity index (χ3n) is 4.01. The van der Waals surface area contributed by atoms with E-state index in [1.54, 1.807) is 0 Å². The molecule has 0 saturated carbocycles. The normalized spacial score (nSPS) is 21.9. The highest BCUT2D eigenvalue weighted by atomic mass is 35.5. The minimum atomic E-state index is -0.000104. The van der Waals surface area contributed by atoms with Gasteiger partial charge in [-0.05, 0) is 50.4 Å². The molecule has 118 valence electrons. The Balaban J connectivity index is 0.00000220. The van der Waals surface area contributed by atoms with Gasteiger partial charge in [-0.25, -0.2) is 0 Å². The smallest absolute Gasteiger partial charge is 0.238 e. The zero-order valence-corrected chi connectivity index (χ0v) is 14.0. The highest BCUT2D eigenvalue weighted by molar-refractivity contribution is 6.31. The van der Waals surface area contributed by atoms with E-state index >= 15 is 0 Å². The van der Waals surface area contributed by atoms with Crippen molar-refractivity contribution in [3.63, 3.8) is 0 Å². The van der Waals surface area contributed by atoms with E-state index in [9.17, 15) is 4.79 Å². The van der Waals surface area contributed by atoms with Crippen LogP contribution in [0.5, 0.6) is 0 Å². The van der Waals surface area contributed by atoms with E-state index in [2.05, 4.69) is 17.1 Å². The van der Waals surface area contributed by atoms with Gasteiger partial charge in [0.2, 0.25) is 5.91 Å². The molecular formula is C15H23Cl2N3O. The fourth-order valence-electron chi connectivity index (χ4n) is 2.73. The summed E-state index contributed by atoms with van der Waals surface area (Å²) < 4.78 is 0. The summed E-state index contributed by atoms with van der Waals surface area (Å²) in [6.07, 6.45) is 1.07. The summed E-state index contributed by atoms with van der Waals surface area (Å²) in [6.45, 7) is 6.05. The molecule has 1 amide bonds. The highest BCUT2D eigenvalue weighted by Crippen LogP contribution is 2.24. The highest BCUT2D eigenvalue weighted by Gasteiger charge is 2.29. The summed E-state index contributed by atoms with van der Waals surface area (Å²) in [4.78, 5) is 14.3. The first-order valence-corrected chi connectivity index (χ1v) is 7.38. The van der Waals surface area contributed by atoms with Crippen LogP contribution in [0.15, 0.2) is 18.2 Å². The molecule has 4 nitrogen and oxygen atoms in total. The molecule has 6 heteroatoms. The van der Waals surface area contributed by atoms with Gasteiger partial charge >= 0.3 is 0 Å². The number of hydrogen-bond acceptors (Lipinski definition) is 3. The van der Waals surface area contributed by atoms with Gasteiger partial charge in [0.25, 0.3) is 0 Å². The quantitative estimate of drug-likeness (QED) is 0.891. The van der Waals surface area contributed by atoms with Crippen LogP contribution in [-0.2, 0) is 4.79 Å². The van der Waals surface area contributed by atoms with Crippen molar-refractivity contribution in [1.82, 2.24) is 4.90 Å². The van der Waals surface area contributed by atoms with E-state index in [1.807, 2.05) is 25.1 Å². The summed E-state index contributed by atoms with van der Waals surface area (Å²) in [5.74, 6) is 0.505. The van der Waals surface area contributed by atoms with E-state index in [4.69, 9.17) is 17.3 Å². The molecule has 2 rings (SSSR count). The van der Waals surface area contributed by atoms with Gasteiger partial charge in [-0.1, -0.05) is 17.7 Å². The van der Waals surface area contributed by atoms with Crippen LogP contribution in [0, 0.1) is 12.8 Å². The fourth-order valence-corrected chi connectivity index (χ4v) is 2.90. The first-order chi connectivity index (χ1) is 9.51. The number of carbonyl (C=O) groups is 1. The molecule has 0 aliphatic carbocycles. The van der Waals surface area contributed by atoms with Gasteiger partial charge in [0.1, 0.15) is 0 Å². The largest absolute Gasteiger partial charge is 0.330 e. The minimum absolute atomic E-state index is 0. The molecule has 1 aliphatic heterocycles. The molecule has 1 aromatic carbocycles. The second-order valence-corrected chi connectivity index (χ2v) is 5.98. The number of nitrogens with two attached hydrogens (primary N) is 1. The van der Waals surface area contributed by atoms with Gasteiger partial charge in [-0.2, -0.15) is 0 Å². The van der Waals surface area contributed by atoms with Gasteiger partial charge < -0.3 is 11.1 Å². The van der Waals surface area contributed by atoms with Crippen LogP contribution in [-0.4, -0.2) is 36.5 Å². The predicted molar refractivity (Wildman–Crippen MR) is 90.3 cm³/mol. The summed E-state index contributed by atoms with van der Waals surface area (Å²) in [6, 6.07) is 5.94. The van der Waals surface area contributed by atoms with E-state index in [1.165, 1.54) is 0 Å². The second-order valence-electron chi connectivity index (χ2n) is 5.58. The average Bonchev–Trinajstić information content (AvgIpc) is 2.76. The lowest BCUT2D eigenvalue weighted by molar-refractivity contribution is -0.117. The molecule has 1 heterocycles. The number of nitrogens with one attached hydrogen (secondary N) is 1. The molecule has 21 heavy (non-hydrogen) atoms. The Morgan fingerprint density at radius 2 is 2.24 bits per heavy atom. The molecule has 1 saturated heterocycles. The van der Waals surface area contributed by atoms with E-state index < -0.39 is 0 Å². The summed E-state index contributed by atoms with van der Waals surface area (Å²) in [5.41, 5.74) is 7.39. The fraction of sp³-hybridized carbons (Fsp3) is 0.533. The van der Waals surface area contributed by atoms with Crippen molar-refractivity contribution in [2.75, 3.05) is 25.0 Å². The molecule has 2 atom stereocenters. The third-order valence-corrected chi connectivity index (χ3v) is 4.42. The standard InChI is InChI=1S/C15H22ClN3O.ClH/c1-10-6-12(7-17)8-19(10)9-15(20)18-14-5-3-4-13(16)11(14)2;/h3-5,10,12H,6-9,17H2,1-2H3,(H,18,20);1H. The first kappa shape index (κ1) is 18.2. The maximum atomic E-state index is 12.1. The Labute approximate surface area is 137 Å². The van der Waals surface area contributed by atoms with Crippen LogP contribution in [0.4, 0.5) is 5.69 Å². The molecule has 1 fully saturated rings. The molecular weight excluding hydrogens is 309 g/mol. The van der Waals surface area contributed by atoms with Crippen molar-refractivity contribution in [1.29, 1.82) is 0 Å². The number of amides is 1. The Morgan fingerprint density at radius 3 is 2.86 bits per heavy atom. The van der Waals surface area contributed by atoms with Crippen LogP contribution in [0.3, 0.4) is 0 Å². The van der Waals surface area contributed by atoms with Crippen LogP contribution in [0.2, 0.25) is 5.02 Å². The number of benzene rings is 1. The Hall–Kier alpha value is -0.810. The van der Waals surface area contributed by atoms with Gasteiger partial charge in [-0.15, -0.1) is 12.4 Å². The van der Waals surface area contributed by atoms with Crippen molar-refractivity contribution in [3.05, 3.63) is 28.8 Å². The zero-order valence-electron chi connectivity index (χ0n) is 12.4.